The maximum atomic E-state index is 4.38. The highest BCUT2D eigenvalue weighted by Crippen LogP contribution is 2.23. The highest BCUT2D eigenvalue weighted by atomic mass is 79.9. The van der Waals surface area contributed by atoms with Gasteiger partial charge in [0.2, 0.25) is 0 Å². The third-order valence-electron chi connectivity index (χ3n) is 3.08. The van der Waals surface area contributed by atoms with E-state index in [2.05, 4.69) is 44.4 Å². The van der Waals surface area contributed by atoms with Crippen molar-refractivity contribution >= 4 is 32.5 Å². The molecular formula is C16H13BrN2. The summed E-state index contributed by atoms with van der Waals surface area (Å²) in [5, 5.41) is 4.65. The summed E-state index contributed by atoms with van der Waals surface area (Å²) in [6, 6.07) is 18.4. The highest BCUT2D eigenvalue weighted by Gasteiger charge is 2.02. The normalized spacial score (nSPS) is 10.6. The van der Waals surface area contributed by atoms with Gasteiger partial charge >= 0.3 is 0 Å². The summed E-state index contributed by atoms with van der Waals surface area (Å²) >= 11 is 3.54. The number of para-hydroxylation sites is 2. The molecule has 0 saturated carbocycles. The number of hydrogen-bond acceptors (Lipinski definition) is 2. The standard InChI is InChI=1S/C16H13BrN2/c17-14-6-2-4-8-16(14)19-11-12-9-10-18-15-7-3-1-5-13(12)15/h1-10,19H,11H2. The van der Waals surface area contributed by atoms with E-state index in [1.165, 1.54) is 10.9 Å². The Kier molecular flexibility index (Phi) is 3.47. The van der Waals surface area contributed by atoms with E-state index in [1.54, 1.807) is 0 Å². The van der Waals surface area contributed by atoms with Crippen LogP contribution in [0.1, 0.15) is 5.56 Å². The Balaban J connectivity index is 1.88. The van der Waals surface area contributed by atoms with Gasteiger partial charge in [0.25, 0.3) is 0 Å². The van der Waals surface area contributed by atoms with Crippen LogP contribution in [0.25, 0.3) is 10.9 Å². The number of nitrogens with zero attached hydrogens (tertiary/aromatic N) is 1. The van der Waals surface area contributed by atoms with Gasteiger partial charge in [0.05, 0.1) is 5.52 Å². The van der Waals surface area contributed by atoms with Gasteiger partial charge < -0.3 is 5.32 Å². The second-order valence-electron chi connectivity index (χ2n) is 4.32. The fourth-order valence-electron chi connectivity index (χ4n) is 2.10. The Bertz CT molecular complexity index is 704. The molecule has 1 heterocycles. The zero-order valence-electron chi connectivity index (χ0n) is 10.3. The number of hydrogen-bond donors (Lipinski definition) is 1. The van der Waals surface area contributed by atoms with Gasteiger partial charge in [-0.1, -0.05) is 30.3 Å². The molecule has 3 rings (SSSR count). The number of rotatable bonds is 3. The monoisotopic (exact) mass is 312 g/mol. The van der Waals surface area contributed by atoms with Crippen LogP contribution >= 0.6 is 15.9 Å². The van der Waals surface area contributed by atoms with E-state index in [9.17, 15) is 0 Å². The Morgan fingerprint density at radius 2 is 1.74 bits per heavy atom. The summed E-state index contributed by atoms with van der Waals surface area (Å²) in [5.74, 6) is 0. The van der Waals surface area contributed by atoms with Gasteiger partial charge in [-0.05, 0) is 45.8 Å². The predicted octanol–water partition coefficient (Wildman–Crippen LogP) is 4.61. The van der Waals surface area contributed by atoms with Gasteiger partial charge in [-0.2, -0.15) is 0 Å². The molecule has 0 aliphatic heterocycles. The number of benzene rings is 2. The Morgan fingerprint density at radius 1 is 0.947 bits per heavy atom. The molecule has 2 nitrogen and oxygen atoms in total. The van der Waals surface area contributed by atoms with Crippen molar-refractivity contribution in [2.24, 2.45) is 0 Å². The lowest BCUT2D eigenvalue weighted by molar-refractivity contribution is 1.15. The first-order chi connectivity index (χ1) is 9.34. The molecule has 2 aromatic carbocycles. The summed E-state index contributed by atoms with van der Waals surface area (Å²) in [4.78, 5) is 4.38. The minimum Gasteiger partial charge on any atom is -0.380 e. The first kappa shape index (κ1) is 12.2. The van der Waals surface area contributed by atoms with E-state index in [-0.39, 0.29) is 0 Å². The molecule has 1 N–H and O–H groups in total. The third-order valence-corrected chi connectivity index (χ3v) is 3.77. The Morgan fingerprint density at radius 3 is 2.63 bits per heavy atom. The molecule has 0 amide bonds. The molecule has 0 unspecified atom stereocenters. The van der Waals surface area contributed by atoms with Crippen molar-refractivity contribution in [3.8, 4) is 0 Å². The average Bonchev–Trinajstić information content (AvgIpc) is 2.46. The Hall–Kier alpha value is -1.87. The van der Waals surface area contributed by atoms with Crippen LogP contribution in [0.3, 0.4) is 0 Å². The van der Waals surface area contributed by atoms with E-state index < -0.39 is 0 Å². The van der Waals surface area contributed by atoms with Crippen LogP contribution < -0.4 is 5.32 Å². The summed E-state index contributed by atoms with van der Waals surface area (Å²) in [5.41, 5.74) is 3.39. The zero-order valence-corrected chi connectivity index (χ0v) is 11.9. The Labute approximate surface area is 120 Å². The fraction of sp³-hybridized carbons (Fsp3) is 0.0625. The van der Waals surface area contributed by atoms with Crippen LogP contribution in [-0.4, -0.2) is 4.98 Å². The third kappa shape index (κ3) is 2.61. The van der Waals surface area contributed by atoms with Gasteiger partial charge in [-0.3, -0.25) is 4.98 Å². The lowest BCUT2D eigenvalue weighted by Crippen LogP contribution is -2.01. The summed E-state index contributed by atoms with van der Waals surface area (Å²) in [6.07, 6.45) is 1.86. The lowest BCUT2D eigenvalue weighted by atomic mass is 10.1. The largest absolute Gasteiger partial charge is 0.380 e. The van der Waals surface area contributed by atoms with Crippen LogP contribution in [0.2, 0.25) is 0 Å². The molecule has 3 heteroatoms. The van der Waals surface area contributed by atoms with Crippen molar-refractivity contribution in [1.29, 1.82) is 0 Å². The second-order valence-corrected chi connectivity index (χ2v) is 5.17. The van der Waals surface area contributed by atoms with Crippen LogP contribution in [0.5, 0.6) is 0 Å². The maximum absolute atomic E-state index is 4.38. The first-order valence-corrected chi connectivity index (χ1v) is 6.95. The van der Waals surface area contributed by atoms with Crippen molar-refractivity contribution < 1.29 is 0 Å². The summed E-state index contributed by atoms with van der Waals surface area (Å²) < 4.78 is 1.08. The minimum atomic E-state index is 0.783. The van der Waals surface area contributed by atoms with Crippen molar-refractivity contribution in [3.63, 3.8) is 0 Å². The number of fused-ring (bicyclic) bond motifs is 1. The van der Waals surface area contributed by atoms with Crippen LogP contribution in [-0.2, 0) is 6.54 Å². The smallest absolute Gasteiger partial charge is 0.0705 e. The topological polar surface area (TPSA) is 24.9 Å². The molecule has 0 aliphatic carbocycles. The number of aromatic nitrogens is 1. The average molecular weight is 313 g/mol. The van der Waals surface area contributed by atoms with Gasteiger partial charge in [0.15, 0.2) is 0 Å². The van der Waals surface area contributed by atoms with E-state index in [0.717, 1.165) is 22.2 Å². The fourth-order valence-corrected chi connectivity index (χ4v) is 2.53. The van der Waals surface area contributed by atoms with E-state index in [4.69, 9.17) is 0 Å². The second kappa shape index (κ2) is 5.41. The quantitative estimate of drug-likeness (QED) is 0.764. The van der Waals surface area contributed by atoms with E-state index in [1.807, 2.05) is 42.6 Å². The maximum Gasteiger partial charge on any atom is 0.0705 e. The van der Waals surface area contributed by atoms with Gasteiger partial charge in [0, 0.05) is 28.3 Å². The minimum absolute atomic E-state index is 0.783. The molecule has 0 fully saturated rings. The molecule has 0 atom stereocenters. The van der Waals surface area contributed by atoms with Crippen LogP contribution in [0.4, 0.5) is 5.69 Å². The molecule has 1 aromatic heterocycles. The lowest BCUT2D eigenvalue weighted by Gasteiger charge is -2.10. The predicted molar refractivity (Wildman–Crippen MR) is 83.2 cm³/mol. The molecule has 0 spiro atoms. The number of anilines is 1. The molecule has 3 aromatic rings. The molecule has 0 radical (unpaired) electrons. The molecule has 0 aliphatic rings. The van der Waals surface area contributed by atoms with Crippen molar-refractivity contribution in [2.45, 2.75) is 6.54 Å². The number of pyridine rings is 1. The first-order valence-electron chi connectivity index (χ1n) is 6.15. The number of nitrogens with one attached hydrogen (secondary N) is 1. The molecule has 94 valence electrons. The van der Waals surface area contributed by atoms with Crippen molar-refractivity contribution in [2.75, 3.05) is 5.32 Å². The summed E-state index contributed by atoms with van der Waals surface area (Å²) in [6.45, 7) is 0.783. The summed E-state index contributed by atoms with van der Waals surface area (Å²) in [7, 11) is 0. The molecule has 0 saturated heterocycles. The van der Waals surface area contributed by atoms with E-state index >= 15 is 0 Å². The van der Waals surface area contributed by atoms with Crippen molar-refractivity contribution in [3.05, 3.63) is 70.8 Å². The molecule has 0 bridgehead atoms. The van der Waals surface area contributed by atoms with Gasteiger partial charge in [-0.25, -0.2) is 0 Å². The number of halogens is 1. The van der Waals surface area contributed by atoms with E-state index in [0.29, 0.717) is 0 Å². The van der Waals surface area contributed by atoms with Gasteiger partial charge in [-0.15, -0.1) is 0 Å². The molecule has 19 heavy (non-hydrogen) atoms. The van der Waals surface area contributed by atoms with Gasteiger partial charge in [0.1, 0.15) is 0 Å². The molecular weight excluding hydrogens is 300 g/mol. The highest BCUT2D eigenvalue weighted by molar-refractivity contribution is 9.10. The van der Waals surface area contributed by atoms with Crippen molar-refractivity contribution in [1.82, 2.24) is 4.98 Å². The van der Waals surface area contributed by atoms with Crippen LogP contribution in [0.15, 0.2) is 65.3 Å². The zero-order chi connectivity index (χ0) is 13.1. The SMILES string of the molecule is Brc1ccccc1NCc1ccnc2ccccc12. The van der Waals surface area contributed by atoms with Crippen LogP contribution in [0, 0.1) is 0 Å².